The van der Waals surface area contributed by atoms with Crippen molar-refractivity contribution in [1.82, 2.24) is 4.57 Å². The minimum atomic E-state index is -0.0117. The third-order valence-electron chi connectivity index (χ3n) is 17.9. The van der Waals surface area contributed by atoms with E-state index < -0.39 is 0 Å². The normalized spacial score (nSPS) is 32.6. The third kappa shape index (κ3) is 5.43. The molecule has 0 amide bonds. The summed E-state index contributed by atoms with van der Waals surface area (Å²) in [4.78, 5) is 0. The summed E-state index contributed by atoms with van der Waals surface area (Å²) in [6.07, 6.45) is 17.5. The molecule has 1 heteroatoms. The quantitative estimate of drug-likeness (QED) is 0.157. The van der Waals surface area contributed by atoms with Gasteiger partial charge < -0.3 is 4.57 Å². The first kappa shape index (κ1) is 36.0. The molecule has 4 fully saturated rings. The first-order chi connectivity index (χ1) is 26.5. The molecule has 5 aliphatic rings. The fraction of sp³-hybridized carbons (Fsp3) is 0.556. The van der Waals surface area contributed by atoms with Crippen LogP contribution < -0.4 is 0 Å². The fourth-order valence-electron chi connectivity index (χ4n) is 14.9. The molecule has 1 heterocycles. The Morgan fingerprint density at radius 1 is 0.636 bits per heavy atom. The molecule has 0 spiro atoms. The maximum atomic E-state index is 2.77. The van der Waals surface area contributed by atoms with E-state index in [1.165, 1.54) is 127 Å². The van der Waals surface area contributed by atoms with Crippen LogP contribution in [0.2, 0.25) is 0 Å². The van der Waals surface area contributed by atoms with Crippen molar-refractivity contribution in [2.24, 2.45) is 52.3 Å². The highest BCUT2D eigenvalue weighted by molar-refractivity contribution is 6.11. The highest BCUT2D eigenvalue weighted by Crippen LogP contribution is 2.69. The molecule has 1 aromatic heterocycles. The van der Waals surface area contributed by atoms with Crippen LogP contribution >= 0.6 is 0 Å². The van der Waals surface area contributed by atoms with E-state index >= 15 is 0 Å². The minimum absolute atomic E-state index is 0.0117. The molecule has 9 atom stereocenters. The average molecular weight is 730 g/mol. The predicted octanol–water partition coefficient (Wildman–Crippen LogP) is 15.3. The molecule has 4 aromatic carbocycles. The van der Waals surface area contributed by atoms with Gasteiger partial charge in [-0.3, -0.25) is 0 Å². The second-order valence-electron chi connectivity index (χ2n) is 21.2. The lowest BCUT2D eigenvalue weighted by molar-refractivity contribution is -0.117. The van der Waals surface area contributed by atoms with Crippen LogP contribution in [0.25, 0.3) is 38.6 Å². The van der Waals surface area contributed by atoms with Crippen LogP contribution in [0.5, 0.6) is 0 Å². The summed E-state index contributed by atoms with van der Waals surface area (Å²) in [5.74, 6) is 7.21. The summed E-state index contributed by atoms with van der Waals surface area (Å²) in [7, 11) is 0. The third-order valence-corrected chi connectivity index (χ3v) is 17.9. The highest BCUT2D eigenvalue weighted by Gasteiger charge is 2.60. The molecule has 0 saturated heterocycles. The number of nitrogens with zero attached hydrogens (tertiary/aromatic N) is 1. The van der Waals surface area contributed by atoms with E-state index in [-0.39, 0.29) is 5.41 Å². The molecule has 4 unspecified atom stereocenters. The zero-order chi connectivity index (χ0) is 37.9. The number of hydrogen-bond donors (Lipinski definition) is 0. The lowest BCUT2D eigenvalue weighted by Gasteiger charge is -2.61. The summed E-state index contributed by atoms with van der Waals surface area (Å²) in [5, 5.41) is 2.71. The average Bonchev–Trinajstić information content (AvgIpc) is 3.78. The van der Waals surface area contributed by atoms with E-state index in [0.29, 0.717) is 16.7 Å². The van der Waals surface area contributed by atoms with E-state index in [4.69, 9.17) is 0 Å². The number of benzene rings is 4. The lowest BCUT2D eigenvalue weighted by Crippen LogP contribution is -2.53. The minimum Gasteiger partial charge on any atom is -0.309 e. The first-order valence-electron chi connectivity index (χ1n) is 22.8. The smallest absolute Gasteiger partial charge is 0.0544 e. The van der Waals surface area contributed by atoms with E-state index in [9.17, 15) is 0 Å². The molecule has 10 rings (SSSR count). The number of rotatable bonds is 7. The molecule has 0 radical (unpaired) electrons. The van der Waals surface area contributed by atoms with Crippen molar-refractivity contribution < 1.29 is 0 Å². The van der Waals surface area contributed by atoms with Gasteiger partial charge in [-0.1, -0.05) is 122 Å². The van der Waals surface area contributed by atoms with Gasteiger partial charge in [-0.25, -0.2) is 0 Å². The Labute approximate surface area is 332 Å². The summed E-state index contributed by atoms with van der Waals surface area (Å²) < 4.78 is 2.55. The fourth-order valence-corrected chi connectivity index (χ4v) is 14.9. The van der Waals surface area contributed by atoms with Crippen LogP contribution in [0.4, 0.5) is 0 Å². The van der Waals surface area contributed by atoms with E-state index in [0.717, 1.165) is 41.4 Å². The molecule has 4 saturated carbocycles. The van der Waals surface area contributed by atoms with Crippen LogP contribution in [0, 0.1) is 52.3 Å². The second-order valence-corrected chi connectivity index (χ2v) is 21.2. The van der Waals surface area contributed by atoms with Gasteiger partial charge in [0.1, 0.15) is 0 Å². The Morgan fingerprint density at radius 3 is 2.20 bits per heavy atom. The number of aromatic nitrogens is 1. The molecule has 0 aliphatic heterocycles. The van der Waals surface area contributed by atoms with Crippen LogP contribution in [0.15, 0.2) is 84.9 Å². The Hall–Kier alpha value is -3.32. The van der Waals surface area contributed by atoms with Crippen LogP contribution in [-0.2, 0) is 5.41 Å². The van der Waals surface area contributed by atoms with E-state index in [1.54, 1.807) is 5.56 Å². The summed E-state index contributed by atoms with van der Waals surface area (Å²) >= 11 is 0. The number of hydrogen-bond acceptors (Lipinski definition) is 0. The summed E-state index contributed by atoms with van der Waals surface area (Å²) in [5.41, 5.74) is 12.3. The van der Waals surface area contributed by atoms with Crippen molar-refractivity contribution in [3.8, 4) is 16.8 Å². The molecular formula is C54H67N. The van der Waals surface area contributed by atoms with Crippen LogP contribution in [0.1, 0.15) is 148 Å². The number of fused-ring (bicyclic) bond motifs is 11. The summed E-state index contributed by atoms with van der Waals surface area (Å²) in [6.45, 7) is 17.8. The lowest BCUT2D eigenvalue weighted by atomic mass is 9.43. The molecular weight excluding hydrogens is 663 g/mol. The van der Waals surface area contributed by atoms with Gasteiger partial charge in [0.15, 0.2) is 0 Å². The Balaban J connectivity index is 0.887. The van der Waals surface area contributed by atoms with Crippen molar-refractivity contribution in [1.29, 1.82) is 0 Å². The Bertz CT molecular complexity index is 2230. The van der Waals surface area contributed by atoms with Crippen LogP contribution in [0.3, 0.4) is 0 Å². The van der Waals surface area contributed by atoms with Gasteiger partial charge in [0.05, 0.1) is 11.0 Å². The number of para-hydroxylation sites is 1. The maximum Gasteiger partial charge on any atom is 0.0544 e. The van der Waals surface area contributed by atoms with Gasteiger partial charge in [0, 0.05) is 21.9 Å². The molecule has 0 N–H and O–H groups in total. The predicted molar refractivity (Wildman–Crippen MR) is 234 cm³/mol. The van der Waals surface area contributed by atoms with Gasteiger partial charge >= 0.3 is 0 Å². The molecule has 288 valence electrons. The Morgan fingerprint density at radius 2 is 1.38 bits per heavy atom. The van der Waals surface area contributed by atoms with Gasteiger partial charge in [0.2, 0.25) is 0 Å². The molecule has 5 aliphatic carbocycles. The Kier molecular flexibility index (Phi) is 8.59. The largest absolute Gasteiger partial charge is 0.309 e. The van der Waals surface area contributed by atoms with Gasteiger partial charge in [-0.2, -0.15) is 0 Å². The van der Waals surface area contributed by atoms with Gasteiger partial charge in [-0.15, -0.1) is 0 Å². The van der Waals surface area contributed by atoms with Crippen molar-refractivity contribution in [3.63, 3.8) is 0 Å². The zero-order valence-corrected chi connectivity index (χ0v) is 35.1. The van der Waals surface area contributed by atoms with Crippen molar-refractivity contribution in [2.75, 3.05) is 0 Å². The first-order valence-corrected chi connectivity index (χ1v) is 22.8. The summed E-state index contributed by atoms with van der Waals surface area (Å²) in [6, 6.07) is 33.0. The molecule has 55 heavy (non-hydrogen) atoms. The maximum absolute atomic E-state index is 2.77. The zero-order valence-electron chi connectivity index (χ0n) is 35.1. The molecule has 0 bridgehead atoms. The second kappa shape index (κ2) is 13.1. The monoisotopic (exact) mass is 730 g/mol. The van der Waals surface area contributed by atoms with Gasteiger partial charge in [-0.05, 0) is 174 Å². The highest BCUT2D eigenvalue weighted by atomic mass is 15.0. The SMILES string of the molecule is CC(C)CCC[C@@H](C)[C@H]1CCC2[C@@H]3CCC4CC(c5ccc(-n6c7ccccc7c7cc8c(cc76)C(C)(C)c6ccccc6-8)cc5)CC[C@]4(C)C3CC[C@@]21C. The van der Waals surface area contributed by atoms with Crippen LogP contribution in [-0.4, -0.2) is 4.57 Å². The van der Waals surface area contributed by atoms with Crippen molar-refractivity contribution >= 4 is 21.8 Å². The van der Waals surface area contributed by atoms with Crippen molar-refractivity contribution in [2.45, 2.75) is 137 Å². The van der Waals surface area contributed by atoms with Crippen molar-refractivity contribution in [3.05, 3.63) is 102 Å². The van der Waals surface area contributed by atoms with E-state index in [1.807, 2.05) is 0 Å². The topological polar surface area (TPSA) is 4.93 Å². The molecule has 5 aromatic rings. The molecule has 1 nitrogen and oxygen atoms in total. The standard InChI is InChI=1S/C54H67N/c1-34(2)13-12-14-35(3)45-25-26-47-42-24-21-38-31-37(27-29-53(38,6)48(42)28-30-54(45,47)7)36-19-22-39(23-20-36)55-50-18-11-9-16-41(50)44-32-43-40-15-8-10-17-46(40)52(4,5)49(43)33-51(44)55/h8-11,15-20,22-23,32-35,37-38,42,45,47-48H,12-14,21,24-31H2,1-7H3/t35-,37?,38?,42+,45-,47?,48?,53+,54-/m1/s1. The van der Waals surface area contributed by atoms with Gasteiger partial charge in [0.25, 0.3) is 0 Å². The van der Waals surface area contributed by atoms with E-state index in [2.05, 4.69) is 138 Å².